The molecule has 0 bridgehead atoms. The van der Waals surface area contributed by atoms with Gasteiger partial charge in [0.15, 0.2) is 9.84 Å². The summed E-state index contributed by atoms with van der Waals surface area (Å²) in [6.45, 7) is 2.43. The van der Waals surface area contributed by atoms with Crippen LogP contribution in [0.5, 0.6) is 5.75 Å². The Hall–Kier alpha value is -1.07. The van der Waals surface area contributed by atoms with Gasteiger partial charge in [0.1, 0.15) is 5.75 Å². The molecule has 2 aliphatic heterocycles. The first-order chi connectivity index (χ1) is 9.12. The van der Waals surface area contributed by atoms with Gasteiger partial charge in [0.25, 0.3) is 0 Å². The minimum absolute atomic E-state index is 0.152. The quantitative estimate of drug-likeness (QED) is 0.903. The molecule has 0 aliphatic carbocycles. The van der Waals surface area contributed by atoms with E-state index in [1.165, 1.54) is 11.1 Å². The number of sulfone groups is 1. The topological polar surface area (TPSA) is 55.4 Å². The van der Waals surface area contributed by atoms with Crippen LogP contribution >= 0.6 is 0 Å². The van der Waals surface area contributed by atoms with Crippen LogP contribution in [0.4, 0.5) is 0 Å². The van der Waals surface area contributed by atoms with Crippen LogP contribution in [0, 0.1) is 5.92 Å². The fourth-order valence-corrected chi connectivity index (χ4v) is 4.60. The molecule has 0 amide bonds. The van der Waals surface area contributed by atoms with Crippen molar-refractivity contribution in [3.05, 3.63) is 29.3 Å². The largest absolute Gasteiger partial charge is 0.493 e. The molecule has 4 nitrogen and oxygen atoms in total. The van der Waals surface area contributed by atoms with E-state index >= 15 is 0 Å². The van der Waals surface area contributed by atoms with Crippen molar-refractivity contribution in [2.75, 3.05) is 24.7 Å². The Bertz CT molecular complexity index is 568. The van der Waals surface area contributed by atoms with Crippen molar-refractivity contribution in [1.82, 2.24) is 5.32 Å². The molecule has 1 atom stereocenters. The van der Waals surface area contributed by atoms with Crippen LogP contribution in [0.3, 0.4) is 0 Å². The molecule has 2 heterocycles. The van der Waals surface area contributed by atoms with E-state index in [2.05, 4.69) is 17.4 Å². The van der Waals surface area contributed by atoms with E-state index in [0.29, 0.717) is 12.4 Å². The molecule has 2 aliphatic rings. The van der Waals surface area contributed by atoms with Crippen LogP contribution in [-0.4, -0.2) is 33.1 Å². The molecule has 0 aromatic heterocycles. The molecule has 19 heavy (non-hydrogen) atoms. The molecule has 1 saturated heterocycles. The highest BCUT2D eigenvalue weighted by Gasteiger charge is 2.28. The lowest BCUT2D eigenvalue weighted by Gasteiger charge is -2.18. The van der Waals surface area contributed by atoms with Gasteiger partial charge < -0.3 is 10.1 Å². The first kappa shape index (κ1) is 12.9. The van der Waals surface area contributed by atoms with Gasteiger partial charge in [-0.1, -0.05) is 6.07 Å². The highest BCUT2D eigenvalue weighted by molar-refractivity contribution is 7.91. The summed E-state index contributed by atoms with van der Waals surface area (Å²) in [6.07, 6.45) is 1.80. The Morgan fingerprint density at radius 1 is 1.32 bits per heavy atom. The first-order valence-corrected chi connectivity index (χ1v) is 8.60. The molecular weight excluding hydrogens is 262 g/mol. The molecule has 0 saturated carbocycles. The third kappa shape index (κ3) is 3.09. The molecule has 1 aromatic carbocycles. The molecule has 1 N–H and O–H groups in total. The van der Waals surface area contributed by atoms with E-state index in [9.17, 15) is 8.42 Å². The van der Waals surface area contributed by atoms with Gasteiger partial charge in [0.05, 0.1) is 18.1 Å². The van der Waals surface area contributed by atoms with Gasteiger partial charge in [0, 0.05) is 12.5 Å². The number of hydrogen-bond acceptors (Lipinski definition) is 4. The smallest absolute Gasteiger partial charge is 0.150 e. The number of fused-ring (bicyclic) bond motifs is 1. The molecule has 0 radical (unpaired) electrons. The fourth-order valence-electron chi connectivity index (χ4n) is 2.76. The normalized spacial score (nSPS) is 24.9. The zero-order valence-corrected chi connectivity index (χ0v) is 11.7. The van der Waals surface area contributed by atoms with Crippen molar-refractivity contribution in [2.45, 2.75) is 19.4 Å². The fraction of sp³-hybridized carbons (Fsp3) is 0.571. The molecule has 1 unspecified atom stereocenters. The second-order valence-electron chi connectivity index (χ2n) is 5.44. The van der Waals surface area contributed by atoms with E-state index in [1.807, 2.05) is 6.07 Å². The Morgan fingerprint density at radius 2 is 2.21 bits per heavy atom. The monoisotopic (exact) mass is 281 g/mol. The minimum Gasteiger partial charge on any atom is -0.493 e. The maximum atomic E-state index is 11.4. The third-order valence-electron chi connectivity index (χ3n) is 3.88. The summed E-state index contributed by atoms with van der Waals surface area (Å²) < 4.78 is 28.5. The van der Waals surface area contributed by atoms with E-state index in [1.54, 1.807) is 0 Å². The predicted octanol–water partition coefficient (Wildman–Crippen LogP) is 1.15. The minimum atomic E-state index is -2.80. The predicted molar refractivity (Wildman–Crippen MR) is 74.1 cm³/mol. The molecule has 5 heteroatoms. The summed E-state index contributed by atoms with van der Waals surface area (Å²) >= 11 is 0. The van der Waals surface area contributed by atoms with Crippen LogP contribution in [0.25, 0.3) is 0 Å². The van der Waals surface area contributed by atoms with E-state index in [0.717, 1.165) is 31.7 Å². The zero-order chi connectivity index (χ0) is 13.3. The van der Waals surface area contributed by atoms with Crippen molar-refractivity contribution in [3.8, 4) is 5.75 Å². The van der Waals surface area contributed by atoms with E-state index < -0.39 is 9.84 Å². The van der Waals surface area contributed by atoms with Crippen molar-refractivity contribution in [1.29, 1.82) is 0 Å². The Labute approximate surface area is 114 Å². The van der Waals surface area contributed by atoms with Crippen molar-refractivity contribution in [3.63, 3.8) is 0 Å². The van der Waals surface area contributed by atoms with Gasteiger partial charge in [-0.05, 0) is 42.6 Å². The maximum absolute atomic E-state index is 11.4. The number of rotatable bonds is 3. The summed E-state index contributed by atoms with van der Waals surface area (Å²) in [4.78, 5) is 0. The Balaban J connectivity index is 1.61. The molecule has 1 fully saturated rings. The van der Waals surface area contributed by atoms with Gasteiger partial charge in [-0.2, -0.15) is 0 Å². The summed E-state index contributed by atoms with van der Waals surface area (Å²) in [5.74, 6) is 1.60. The number of ether oxygens (including phenoxy) is 1. The lowest BCUT2D eigenvalue weighted by molar-refractivity contribution is 0.263. The van der Waals surface area contributed by atoms with Crippen LogP contribution < -0.4 is 10.1 Å². The van der Waals surface area contributed by atoms with Crippen LogP contribution in [-0.2, 0) is 22.8 Å². The number of nitrogens with one attached hydrogen (secondary N) is 1. The number of hydrogen-bond donors (Lipinski definition) is 1. The molecule has 104 valence electrons. The summed E-state index contributed by atoms with van der Waals surface area (Å²) in [7, 11) is -2.80. The van der Waals surface area contributed by atoms with Crippen LogP contribution in [0.2, 0.25) is 0 Å². The third-order valence-corrected chi connectivity index (χ3v) is 5.71. The van der Waals surface area contributed by atoms with Crippen LogP contribution in [0.1, 0.15) is 17.5 Å². The molecular formula is C14H19NO3S. The Morgan fingerprint density at radius 3 is 3.00 bits per heavy atom. The van der Waals surface area contributed by atoms with Crippen molar-refractivity contribution in [2.24, 2.45) is 5.92 Å². The van der Waals surface area contributed by atoms with Gasteiger partial charge in [-0.25, -0.2) is 8.42 Å². The second-order valence-corrected chi connectivity index (χ2v) is 7.67. The summed E-state index contributed by atoms with van der Waals surface area (Å²) in [5, 5.41) is 3.34. The maximum Gasteiger partial charge on any atom is 0.150 e. The molecule has 0 spiro atoms. The lowest BCUT2D eigenvalue weighted by Crippen LogP contribution is -2.23. The van der Waals surface area contributed by atoms with E-state index in [-0.39, 0.29) is 11.7 Å². The highest BCUT2D eigenvalue weighted by Crippen LogP contribution is 2.23. The highest BCUT2D eigenvalue weighted by atomic mass is 32.2. The molecule has 3 rings (SSSR count). The van der Waals surface area contributed by atoms with E-state index in [4.69, 9.17) is 4.74 Å². The average molecular weight is 281 g/mol. The average Bonchev–Trinajstić information content (AvgIpc) is 2.76. The first-order valence-electron chi connectivity index (χ1n) is 6.78. The van der Waals surface area contributed by atoms with Gasteiger partial charge in [0.2, 0.25) is 0 Å². The zero-order valence-electron chi connectivity index (χ0n) is 10.9. The van der Waals surface area contributed by atoms with Crippen molar-refractivity contribution < 1.29 is 13.2 Å². The van der Waals surface area contributed by atoms with Gasteiger partial charge in [-0.15, -0.1) is 0 Å². The van der Waals surface area contributed by atoms with Crippen molar-refractivity contribution >= 4 is 9.84 Å². The summed E-state index contributed by atoms with van der Waals surface area (Å²) in [6, 6.07) is 6.19. The number of benzene rings is 1. The van der Waals surface area contributed by atoms with Crippen LogP contribution in [0.15, 0.2) is 18.2 Å². The standard InChI is InChI=1S/C14H19NO3S/c16-19(17)6-4-11(10-19)9-18-14-2-1-12-3-5-15-8-13(12)7-14/h1-2,7,11,15H,3-6,8-10H2. The lowest BCUT2D eigenvalue weighted by atomic mass is 10.0. The van der Waals surface area contributed by atoms with Gasteiger partial charge >= 0.3 is 0 Å². The molecule has 1 aromatic rings. The van der Waals surface area contributed by atoms with Gasteiger partial charge in [-0.3, -0.25) is 0 Å². The Kier molecular flexibility index (Phi) is 3.50. The SMILES string of the molecule is O=S1(=O)CCC(COc2ccc3c(c2)CNCC3)C1. The second kappa shape index (κ2) is 5.13. The summed E-state index contributed by atoms with van der Waals surface area (Å²) in [5.41, 5.74) is 2.68.